The molecule has 0 saturated carbocycles. The maximum Gasteiger partial charge on any atom is 0.237 e. The number of hydrogen-bond acceptors (Lipinski definition) is 4. The molecule has 0 spiro atoms. The van der Waals surface area contributed by atoms with Crippen LogP contribution >= 0.6 is 24.0 Å². The van der Waals surface area contributed by atoms with Crippen molar-refractivity contribution in [3.63, 3.8) is 0 Å². The average Bonchev–Trinajstić information content (AvgIpc) is 2.34. The molecule has 0 atom stereocenters. The van der Waals surface area contributed by atoms with Crippen molar-refractivity contribution < 1.29 is 4.79 Å². The highest BCUT2D eigenvalue weighted by Gasteiger charge is 2.04. The van der Waals surface area contributed by atoms with Crippen molar-refractivity contribution in [1.29, 1.82) is 0 Å². The third-order valence-electron chi connectivity index (χ3n) is 1.11. The second kappa shape index (κ2) is 5.35. The lowest BCUT2D eigenvalue weighted by Gasteiger charge is -2.12. The minimum Gasteiger partial charge on any atom is -0.296 e. The van der Waals surface area contributed by atoms with Gasteiger partial charge in [0.05, 0.1) is 26.0 Å². The fourth-order valence-corrected chi connectivity index (χ4v) is 0.723. The fraction of sp³-hybridized carbons (Fsp3) is 0.600. The molecule has 0 aromatic heterocycles. The Morgan fingerprint density at radius 2 is 2.55 bits per heavy atom. The number of hydrazine groups is 1. The summed E-state index contributed by atoms with van der Waals surface area (Å²) in [7, 11) is 0. The van der Waals surface area contributed by atoms with E-state index in [9.17, 15) is 4.79 Å². The molecule has 1 aliphatic heterocycles. The van der Waals surface area contributed by atoms with Gasteiger partial charge in [-0.15, -0.1) is 12.4 Å². The summed E-state index contributed by atoms with van der Waals surface area (Å²) >= 11 is 5.08. The molecule has 1 rings (SSSR count). The molecule has 0 amide bonds. The minimum atomic E-state index is -0.389. The first-order valence-electron chi connectivity index (χ1n) is 2.97. The number of nitrogens with zero attached hydrogens (tertiary/aromatic N) is 2. The molecule has 0 aromatic rings. The third kappa shape index (κ3) is 4.19. The van der Waals surface area contributed by atoms with Crippen molar-refractivity contribution in [2.45, 2.75) is 0 Å². The van der Waals surface area contributed by atoms with Crippen LogP contribution in [0.15, 0.2) is 4.99 Å². The number of carbonyl (C=O) groups excluding carboxylic acids is 1. The van der Waals surface area contributed by atoms with E-state index in [4.69, 9.17) is 11.6 Å². The number of rotatable bonds is 3. The molecule has 1 aliphatic rings. The molecule has 0 aromatic carbocycles. The van der Waals surface area contributed by atoms with Crippen LogP contribution in [0.1, 0.15) is 0 Å². The van der Waals surface area contributed by atoms with Crippen LogP contribution < -0.4 is 5.43 Å². The van der Waals surface area contributed by atoms with Gasteiger partial charge in [-0.25, -0.2) is 5.43 Å². The summed E-state index contributed by atoms with van der Waals surface area (Å²) in [6.45, 7) is 1.75. The largest absolute Gasteiger partial charge is 0.296 e. The Kier molecular flexibility index (Phi) is 5.19. The van der Waals surface area contributed by atoms with Crippen molar-refractivity contribution in [2.24, 2.45) is 4.99 Å². The predicted octanol–water partition coefficient (Wildman–Crippen LogP) is 0.0221. The van der Waals surface area contributed by atoms with Gasteiger partial charge >= 0.3 is 0 Å². The maximum absolute atomic E-state index is 10.2. The number of halogens is 2. The molecular weight excluding hydrogens is 189 g/mol. The number of carbonyl (C=O) groups is 1. The second-order valence-corrected chi connectivity index (χ2v) is 2.33. The van der Waals surface area contributed by atoms with Crippen molar-refractivity contribution >= 4 is 35.6 Å². The topological polar surface area (TPSA) is 44.7 Å². The first kappa shape index (κ1) is 10.7. The lowest BCUT2D eigenvalue weighted by atomic mass is 10.7. The highest BCUT2D eigenvalue weighted by Crippen LogP contribution is 1.87. The minimum absolute atomic E-state index is 0. The van der Waals surface area contributed by atoms with Gasteiger partial charge in [0.15, 0.2) is 0 Å². The molecule has 0 saturated heterocycles. The third-order valence-corrected chi connectivity index (χ3v) is 1.25. The molecule has 4 nitrogen and oxygen atoms in total. The number of aliphatic imine (C=N–C) groups is 1. The lowest BCUT2D eigenvalue weighted by Crippen LogP contribution is -2.37. The highest BCUT2D eigenvalue weighted by atomic mass is 35.5. The van der Waals surface area contributed by atoms with Crippen LogP contribution in [0.5, 0.6) is 0 Å². The van der Waals surface area contributed by atoms with E-state index in [1.807, 2.05) is 0 Å². The summed E-state index contributed by atoms with van der Waals surface area (Å²) in [5, 5.41) is 1.35. The van der Waals surface area contributed by atoms with Crippen LogP contribution in [-0.4, -0.2) is 36.2 Å². The molecule has 0 bridgehead atoms. The molecule has 11 heavy (non-hydrogen) atoms. The molecule has 64 valence electrons. The lowest BCUT2D eigenvalue weighted by molar-refractivity contribution is -0.111. The van der Waals surface area contributed by atoms with Gasteiger partial charge in [-0.05, 0) is 11.6 Å². The Hall–Kier alpha value is -0.320. The second-order valence-electron chi connectivity index (χ2n) is 1.91. The normalized spacial score (nSPS) is 14.8. The van der Waals surface area contributed by atoms with Gasteiger partial charge in [0.2, 0.25) is 5.24 Å². The Morgan fingerprint density at radius 3 is 3.00 bits per heavy atom. The zero-order valence-corrected chi connectivity index (χ0v) is 7.36. The Labute approximate surface area is 76.0 Å². The van der Waals surface area contributed by atoms with Crippen LogP contribution in [0.4, 0.5) is 0 Å². The van der Waals surface area contributed by atoms with Gasteiger partial charge in [0, 0.05) is 0 Å². The van der Waals surface area contributed by atoms with E-state index in [1.165, 1.54) is 0 Å². The van der Waals surface area contributed by atoms with E-state index in [0.717, 1.165) is 13.1 Å². The molecule has 1 heterocycles. The Balaban J connectivity index is 0.000001000. The van der Waals surface area contributed by atoms with Crippen LogP contribution in [0.25, 0.3) is 0 Å². The van der Waals surface area contributed by atoms with Crippen LogP contribution in [0.3, 0.4) is 0 Å². The van der Waals surface area contributed by atoms with E-state index < -0.39 is 0 Å². The molecule has 0 aliphatic carbocycles. The van der Waals surface area contributed by atoms with E-state index in [1.54, 1.807) is 11.3 Å². The standard InChI is InChI=1S/C5H8ClN3O.ClH/c6-5(10)3-8-9-2-1-7-4-9;/h4,8H,1-3H2;1H. The summed E-state index contributed by atoms with van der Waals surface area (Å²) in [5.74, 6) is 0. The molecular formula is C5H9Cl2N3O. The smallest absolute Gasteiger partial charge is 0.237 e. The van der Waals surface area contributed by atoms with Gasteiger partial charge in [0.25, 0.3) is 0 Å². The predicted molar refractivity (Wildman–Crippen MR) is 46.2 cm³/mol. The van der Waals surface area contributed by atoms with Gasteiger partial charge in [-0.1, -0.05) is 0 Å². The monoisotopic (exact) mass is 197 g/mol. The van der Waals surface area contributed by atoms with E-state index in [-0.39, 0.29) is 24.2 Å². The van der Waals surface area contributed by atoms with Gasteiger partial charge in [-0.2, -0.15) is 0 Å². The van der Waals surface area contributed by atoms with Crippen molar-refractivity contribution in [2.75, 3.05) is 19.6 Å². The van der Waals surface area contributed by atoms with Gasteiger partial charge in [0.1, 0.15) is 0 Å². The fourth-order valence-electron chi connectivity index (χ4n) is 0.663. The quantitative estimate of drug-likeness (QED) is 0.650. The van der Waals surface area contributed by atoms with Gasteiger partial charge < -0.3 is 0 Å². The zero-order chi connectivity index (χ0) is 7.40. The SMILES string of the molecule is Cl.O=C(Cl)CNN1C=NCC1. The Morgan fingerprint density at radius 1 is 1.82 bits per heavy atom. The molecule has 0 fully saturated rings. The average molecular weight is 198 g/mol. The summed E-state index contributed by atoms with van der Waals surface area (Å²) in [4.78, 5) is 14.2. The van der Waals surface area contributed by atoms with E-state index >= 15 is 0 Å². The van der Waals surface area contributed by atoms with E-state index in [0.29, 0.717) is 0 Å². The van der Waals surface area contributed by atoms with Crippen LogP contribution in [0, 0.1) is 0 Å². The van der Waals surface area contributed by atoms with Crippen molar-refractivity contribution in [1.82, 2.24) is 10.4 Å². The first-order valence-corrected chi connectivity index (χ1v) is 3.35. The van der Waals surface area contributed by atoms with Crippen molar-refractivity contribution in [3.05, 3.63) is 0 Å². The Bertz CT molecular complexity index is 162. The highest BCUT2D eigenvalue weighted by molar-refractivity contribution is 6.64. The number of nitrogens with one attached hydrogen (secondary N) is 1. The van der Waals surface area contributed by atoms with Crippen LogP contribution in [-0.2, 0) is 4.79 Å². The summed E-state index contributed by atoms with van der Waals surface area (Å²) in [5.41, 5.74) is 2.78. The van der Waals surface area contributed by atoms with Crippen molar-refractivity contribution in [3.8, 4) is 0 Å². The molecule has 1 N–H and O–H groups in total. The first-order chi connectivity index (χ1) is 4.79. The summed E-state index contributed by atoms with van der Waals surface area (Å²) in [6, 6.07) is 0. The molecule has 0 radical (unpaired) electrons. The zero-order valence-electron chi connectivity index (χ0n) is 5.79. The molecule has 6 heteroatoms. The van der Waals surface area contributed by atoms with E-state index in [2.05, 4.69) is 10.4 Å². The summed E-state index contributed by atoms with van der Waals surface area (Å²) < 4.78 is 0. The summed E-state index contributed by atoms with van der Waals surface area (Å²) in [6.07, 6.45) is 1.65. The maximum atomic E-state index is 10.2. The van der Waals surface area contributed by atoms with Gasteiger partial charge in [-0.3, -0.25) is 14.8 Å². The number of hydrogen-bond donors (Lipinski definition) is 1. The molecule has 0 unspecified atom stereocenters. The van der Waals surface area contributed by atoms with Crippen LogP contribution in [0.2, 0.25) is 0 Å².